The van der Waals surface area contributed by atoms with Gasteiger partial charge in [0.25, 0.3) is 5.82 Å². The molecule has 1 aromatic heterocycles. The second kappa shape index (κ2) is 21.7. The fourth-order valence-electron chi connectivity index (χ4n) is 5.45. The van der Waals surface area contributed by atoms with Crippen molar-refractivity contribution in [3.63, 3.8) is 0 Å². The molecule has 0 aliphatic carbocycles. The molecule has 0 aliphatic heterocycles. The van der Waals surface area contributed by atoms with Crippen molar-refractivity contribution >= 4 is 0 Å². The maximum atomic E-state index is 3.65. The molecular formula is C31H61N2+. The number of nitrogens with zero attached hydrogens (tertiary/aromatic N) is 1. The van der Waals surface area contributed by atoms with Gasteiger partial charge in [0, 0.05) is 0 Å². The van der Waals surface area contributed by atoms with Crippen LogP contribution in [0.25, 0.3) is 0 Å². The lowest BCUT2D eigenvalue weighted by molar-refractivity contribution is -0.727. The predicted octanol–water partition coefficient (Wildman–Crippen LogP) is 10.6. The summed E-state index contributed by atoms with van der Waals surface area (Å²) in [5.74, 6) is 2.22. The van der Waals surface area contributed by atoms with Gasteiger partial charge in [0.15, 0.2) is 0 Å². The number of unbranched alkanes of at least 4 members (excludes halogenated alkanes) is 16. The number of hydrogen-bond donors (Lipinski definition) is 1. The molecule has 0 bridgehead atoms. The number of nitrogens with one attached hydrogen (secondary N) is 1. The summed E-state index contributed by atoms with van der Waals surface area (Å²) < 4.78 is 2.55. The van der Waals surface area contributed by atoms with Crippen molar-refractivity contribution in [3.05, 3.63) is 18.2 Å². The molecule has 1 N–H and O–H groups in total. The molecule has 2 heteroatoms. The first kappa shape index (κ1) is 30.2. The topological polar surface area (TPSA) is 19.7 Å². The molecule has 2 nitrogen and oxygen atoms in total. The van der Waals surface area contributed by atoms with Gasteiger partial charge >= 0.3 is 0 Å². The van der Waals surface area contributed by atoms with Crippen LogP contribution >= 0.6 is 0 Å². The van der Waals surface area contributed by atoms with Crippen molar-refractivity contribution < 1.29 is 4.57 Å². The van der Waals surface area contributed by atoms with E-state index in [1.165, 1.54) is 147 Å². The third-order valence-electron chi connectivity index (χ3n) is 7.62. The number of imidazole rings is 1. The lowest BCUT2D eigenvalue weighted by Crippen LogP contribution is -2.41. The van der Waals surface area contributed by atoms with E-state index < -0.39 is 0 Å². The fourth-order valence-corrected chi connectivity index (χ4v) is 5.45. The van der Waals surface area contributed by atoms with Crippen molar-refractivity contribution in [2.75, 3.05) is 0 Å². The van der Waals surface area contributed by atoms with E-state index >= 15 is 0 Å². The van der Waals surface area contributed by atoms with Crippen molar-refractivity contribution in [2.24, 2.45) is 0 Å². The van der Waals surface area contributed by atoms with Crippen LogP contribution in [0.2, 0.25) is 0 Å². The second-order valence-corrected chi connectivity index (χ2v) is 10.8. The van der Waals surface area contributed by atoms with Crippen LogP contribution < -0.4 is 4.57 Å². The Labute approximate surface area is 208 Å². The van der Waals surface area contributed by atoms with E-state index in [4.69, 9.17) is 0 Å². The molecule has 0 saturated carbocycles. The average Bonchev–Trinajstić information content (AvgIpc) is 3.31. The second-order valence-electron chi connectivity index (χ2n) is 10.8. The minimum absolute atomic E-state index is 0.616. The molecule has 33 heavy (non-hydrogen) atoms. The number of aromatic nitrogens is 2. The van der Waals surface area contributed by atoms with Crippen LogP contribution in [0.15, 0.2) is 12.4 Å². The van der Waals surface area contributed by atoms with Crippen molar-refractivity contribution in [3.8, 4) is 0 Å². The molecule has 0 radical (unpaired) electrons. The molecular weight excluding hydrogens is 400 g/mol. The Morgan fingerprint density at radius 2 is 1.00 bits per heavy atom. The van der Waals surface area contributed by atoms with Gasteiger partial charge < -0.3 is 0 Å². The van der Waals surface area contributed by atoms with Crippen molar-refractivity contribution in [2.45, 2.75) is 181 Å². The Kier molecular flexibility index (Phi) is 19.9. The molecule has 2 atom stereocenters. The maximum absolute atomic E-state index is 3.65. The van der Waals surface area contributed by atoms with E-state index in [0.29, 0.717) is 12.0 Å². The van der Waals surface area contributed by atoms with E-state index in [1.807, 2.05) is 0 Å². The molecule has 0 aliphatic rings. The van der Waals surface area contributed by atoms with Crippen molar-refractivity contribution in [1.82, 2.24) is 4.98 Å². The van der Waals surface area contributed by atoms with Gasteiger partial charge in [0.1, 0.15) is 12.4 Å². The van der Waals surface area contributed by atoms with Crippen LogP contribution in [0.4, 0.5) is 0 Å². The molecule has 1 heterocycles. The van der Waals surface area contributed by atoms with Crippen molar-refractivity contribution in [1.29, 1.82) is 0 Å². The highest BCUT2D eigenvalue weighted by atomic mass is 15.1. The number of H-pyrrole nitrogens is 1. The summed E-state index contributed by atoms with van der Waals surface area (Å²) in [7, 11) is 0. The first-order chi connectivity index (χ1) is 16.2. The molecule has 0 spiro atoms. The molecule has 1 rings (SSSR count). The van der Waals surface area contributed by atoms with E-state index in [0.717, 1.165) is 0 Å². The predicted molar refractivity (Wildman–Crippen MR) is 147 cm³/mol. The van der Waals surface area contributed by atoms with Crippen LogP contribution in [0, 0.1) is 0 Å². The number of hydrogen-bond acceptors (Lipinski definition) is 0. The van der Waals surface area contributed by atoms with Crippen LogP contribution in [-0.2, 0) is 0 Å². The lowest BCUT2D eigenvalue weighted by Gasteiger charge is -2.17. The molecule has 0 saturated heterocycles. The Morgan fingerprint density at radius 1 is 0.576 bits per heavy atom. The van der Waals surface area contributed by atoms with Gasteiger partial charge in [-0.3, -0.25) is 0 Å². The lowest BCUT2D eigenvalue weighted by atomic mass is 9.93. The molecule has 0 fully saturated rings. The Bertz CT molecular complexity index is 521. The number of aromatic amines is 1. The van der Waals surface area contributed by atoms with Crippen LogP contribution in [-0.4, -0.2) is 4.98 Å². The summed E-state index contributed by atoms with van der Waals surface area (Å²) in [5, 5.41) is 0. The van der Waals surface area contributed by atoms with Crippen LogP contribution in [0.5, 0.6) is 0 Å². The third-order valence-corrected chi connectivity index (χ3v) is 7.62. The minimum atomic E-state index is 0.616. The quantitative estimate of drug-likeness (QED) is 0.117. The molecule has 2 unspecified atom stereocenters. The minimum Gasteiger partial charge on any atom is -0.247 e. The van der Waals surface area contributed by atoms with Gasteiger partial charge in [-0.25, -0.2) is 9.55 Å². The van der Waals surface area contributed by atoms with E-state index in [9.17, 15) is 0 Å². The van der Waals surface area contributed by atoms with Gasteiger partial charge in [-0.05, 0) is 26.2 Å². The summed E-state index contributed by atoms with van der Waals surface area (Å²) in [6, 6.07) is 0.616. The summed E-state index contributed by atoms with van der Waals surface area (Å²) >= 11 is 0. The standard InChI is InChI=1S/C31H60N2/c1-5-8-10-12-13-14-15-16-17-18-19-20-21-23-26-30(25-22-11-9-6-2)31-32-27-28-33(31)29(4)24-7-3/h27-30H,5-26H2,1-4H3/p+1. The Balaban J connectivity index is 2.22. The molecule has 194 valence electrons. The van der Waals surface area contributed by atoms with Gasteiger partial charge in [0.05, 0.1) is 12.0 Å². The molecule has 0 amide bonds. The zero-order chi connectivity index (χ0) is 24.0. The fraction of sp³-hybridized carbons (Fsp3) is 0.903. The third kappa shape index (κ3) is 14.9. The average molecular weight is 462 g/mol. The highest BCUT2D eigenvalue weighted by molar-refractivity contribution is 4.90. The highest BCUT2D eigenvalue weighted by Gasteiger charge is 2.25. The van der Waals surface area contributed by atoms with Gasteiger partial charge in [-0.15, -0.1) is 0 Å². The van der Waals surface area contributed by atoms with E-state index in [2.05, 4.69) is 49.6 Å². The van der Waals surface area contributed by atoms with Gasteiger partial charge in [-0.1, -0.05) is 143 Å². The smallest absolute Gasteiger partial charge is 0.247 e. The van der Waals surface area contributed by atoms with Gasteiger partial charge in [-0.2, -0.15) is 0 Å². The zero-order valence-corrected chi connectivity index (χ0v) is 23.3. The summed E-state index contributed by atoms with van der Waals surface area (Å²) in [6.45, 7) is 9.32. The largest absolute Gasteiger partial charge is 0.257 e. The van der Waals surface area contributed by atoms with E-state index in [-0.39, 0.29) is 0 Å². The monoisotopic (exact) mass is 461 g/mol. The van der Waals surface area contributed by atoms with Gasteiger partial charge in [0.2, 0.25) is 0 Å². The summed E-state index contributed by atoms with van der Waals surface area (Å²) in [4.78, 5) is 3.65. The van der Waals surface area contributed by atoms with Crippen LogP contribution in [0.1, 0.15) is 187 Å². The first-order valence-corrected chi connectivity index (χ1v) is 15.3. The molecule has 0 aromatic carbocycles. The Hall–Kier alpha value is -0.790. The number of rotatable bonds is 24. The molecule has 1 aromatic rings. The zero-order valence-electron chi connectivity index (χ0n) is 23.3. The Morgan fingerprint density at radius 3 is 1.45 bits per heavy atom. The highest BCUT2D eigenvalue weighted by Crippen LogP contribution is 2.27. The maximum Gasteiger partial charge on any atom is 0.257 e. The first-order valence-electron chi connectivity index (χ1n) is 15.3. The van der Waals surface area contributed by atoms with Crippen LogP contribution in [0.3, 0.4) is 0 Å². The summed E-state index contributed by atoms with van der Waals surface area (Å²) in [6.07, 6.45) is 35.5. The normalized spacial score (nSPS) is 13.5. The SMILES string of the molecule is CCCCCCCCCCCCCCCCC(CCCCCC)c1[nH]cc[n+]1C(C)CCC. The summed E-state index contributed by atoms with van der Waals surface area (Å²) in [5.41, 5.74) is 0. The van der Waals surface area contributed by atoms with E-state index in [1.54, 1.807) is 0 Å².